The van der Waals surface area contributed by atoms with E-state index >= 15 is 0 Å². The molecule has 5 heteroatoms. The summed E-state index contributed by atoms with van der Waals surface area (Å²) in [5, 5.41) is 3.19. The van der Waals surface area contributed by atoms with E-state index in [1.807, 2.05) is 19.9 Å². The molecule has 0 amide bonds. The first kappa shape index (κ1) is 12.3. The summed E-state index contributed by atoms with van der Waals surface area (Å²) < 4.78 is 6.17. The number of aromatic nitrogens is 1. The SMILES string of the molecule is CCOCC(C)Nc1ncc(Br)cc1N. The van der Waals surface area contributed by atoms with Crippen LogP contribution < -0.4 is 11.1 Å². The van der Waals surface area contributed by atoms with Crippen molar-refractivity contribution in [3.63, 3.8) is 0 Å². The van der Waals surface area contributed by atoms with Crippen molar-refractivity contribution in [3.8, 4) is 0 Å². The molecule has 0 radical (unpaired) electrons. The Bertz CT molecular complexity index is 320. The summed E-state index contributed by atoms with van der Waals surface area (Å²) >= 11 is 3.31. The zero-order valence-corrected chi connectivity index (χ0v) is 10.5. The lowest BCUT2D eigenvalue weighted by Crippen LogP contribution is -2.22. The van der Waals surface area contributed by atoms with Crippen LogP contribution in [-0.4, -0.2) is 24.2 Å². The largest absolute Gasteiger partial charge is 0.396 e. The van der Waals surface area contributed by atoms with Gasteiger partial charge in [-0.25, -0.2) is 4.98 Å². The number of nitrogens with zero attached hydrogens (tertiary/aromatic N) is 1. The van der Waals surface area contributed by atoms with Crippen LogP contribution in [0.15, 0.2) is 16.7 Å². The molecule has 1 aromatic rings. The zero-order valence-electron chi connectivity index (χ0n) is 8.96. The van der Waals surface area contributed by atoms with Gasteiger partial charge in [-0.15, -0.1) is 0 Å². The Morgan fingerprint density at radius 2 is 2.40 bits per heavy atom. The lowest BCUT2D eigenvalue weighted by atomic mass is 10.3. The number of halogens is 1. The molecule has 15 heavy (non-hydrogen) atoms. The second kappa shape index (κ2) is 5.92. The first-order valence-corrected chi connectivity index (χ1v) is 5.68. The van der Waals surface area contributed by atoms with Gasteiger partial charge in [-0.2, -0.15) is 0 Å². The molecule has 3 N–H and O–H groups in total. The van der Waals surface area contributed by atoms with Crippen molar-refractivity contribution < 1.29 is 4.74 Å². The first-order chi connectivity index (χ1) is 7.13. The molecule has 0 aliphatic carbocycles. The fourth-order valence-corrected chi connectivity index (χ4v) is 1.49. The highest BCUT2D eigenvalue weighted by Crippen LogP contribution is 2.20. The number of nitrogens with two attached hydrogens (primary N) is 1. The summed E-state index contributed by atoms with van der Waals surface area (Å²) in [5.41, 5.74) is 6.43. The highest BCUT2D eigenvalue weighted by atomic mass is 79.9. The highest BCUT2D eigenvalue weighted by molar-refractivity contribution is 9.10. The minimum atomic E-state index is 0.195. The summed E-state index contributed by atoms with van der Waals surface area (Å²) in [6.07, 6.45) is 1.71. The second-order valence-electron chi connectivity index (χ2n) is 3.30. The van der Waals surface area contributed by atoms with Crippen LogP contribution in [0.5, 0.6) is 0 Å². The third-order valence-corrected chi connectivity index (χ3v) is 2.27. The van der Waals surface area contributed by atoms with E-state index in [4.69, 9.17) is 10.5 Å². The monoisotopic (exact) mass is 273 g/mol. The predicted molar refractivity (Wildman–Crippen MR) is 65.9 cm³/mol. The fraction of sp³-hybridized carbons (Fsp3) is 0.500. The summed E-state index contributed by atoms with van der Waals surface area (Å²) in [6, 6.07) is 2.02. The van der Waals surface area contributed by atoms with Gasteiger partial charge in [-0.1, -0.05) is 0 Å². The van der Waals surface area contributed by atoms with Crippen molar-refractivity contribution in [1.82, 2.24) is 4.98 Å². The highest BCUT2D eigenvalue weighted by Gasteiger charge is 2.06. The summed E-state index contributed by atoms with van der Waals surface area (Å²) in [5.74, 6) is 0.699. The molecule has 0 aliphatic heterocycles. The van der Waals surface area contributed by atoms with Gasteiger partial charge in [0.15, 0.2) is 0 Å². The van der Waals surface area contributed by atoms with Crippen LogP contribution in [0.2, 0.25) is 0 Å². The molecule has 1 unspecified atom stereocenters. The molecule has 0 saturated heterocycles. The number of ether oxygens (including phenoxy) is 1. The van der Waals surface area contributed by atoms with Crippen LogP contribution >= 0.6 is 15.9 Å². The topological polar surface area (TPSA) is 60.2 Å². The Kier molecular flexibility index (Phi) is 4.84. The second-order valence-corrected chi connectivity index (χ2v) is 4.21. The van der Waals surface area contributed by atoms with Gasteiger partial charge >= 0.3 is 0 Å². The number of nitrogen functional groups attached to an aromatic ring is 1. The number of rotatable bonds is 5. The Morgan fingerprint density at radius 1 is 1.67 bits per heavy atom. The van der Waals surface area contributed by atoms with E-state index in [0.29, 0.717) is 18.1 Å². The van der Waals surface area contributed by atoms with E-state index in [-0.39, 0.29) is 6.04 Å². The van der Waals surface area contributed by atoms with Gasteiger partial charge in [-0.3, -0.25) is 0 Å². The van der Waals surface area contributed by atoms with E-state index < -0.39 is 0 Å². The molecule has 1 rings (SSSR count). The first-order valence-electron chi connectivity index (χ1n) is 4.88. The molecular weight excluding hydrogens is 258 g/mol. The molecule has 84 valence electrons. The lowest BCUT2D eigenvalue weighted by molar-refractivity contribution is 0.141. The average Bonchev–Trinajstić information content (AvgIpc) is 2.19. The van der Waals surface area contributed by atoms with Crippen molar-refractivity contribution in [2.24, 2.45) is 0 Å². The van der Waals surface area contributed by atoms with Crippen LogP contribution in [0.1, 0.15) is 13.8 Å². The Balaban J connectivity index is 2.56. The molecule has 0 spiro atoms. The Labute approximate surface area is 98.3 Å². The lowest BCUT2D eigenvalue weighted by Gasteiger charge is -2.15. The summed E-state index contributed by atoms with van der Waals surface area (Å²) in [6.45, 7) is 5.36. The molecule has 0 bridgehead atoms. The predicted octanol–water partition coefficient (Wildman–Crippen LogP) is 2.26. The maximum atomic E-state index is 5.80. The number of hydrogen-bond donors (Lipinski definition) is 2. The molecule has 0 fully saturated rings. The number of hydrogen-bond acceptors (Lipinski definition) is 4. The third-order valence-electron chi connectivity index (χ3n) is 1.84. The van der Waals surface area contributed by atoms with Crippen LogP contribution in [0.3, 0.4) is 0 Å². The van der Waals surface area contributed by atoms with Gasteiger partial charge in [-0.05, 0) is 35.8 Å². The maximum Gasteiger partial charge on any atom is 0.149 e. The molecule has 0 aromatic carbocycles. The van der Waals surface area contributed by atoms with Crippen LogP contribution in [0.4, 0.5) is 11.5 Å². The maximum absolute atomic E-state index is 5.80. The minimum absolute atomic E-state index is 0.195. The summed E-state index contributed by atoms with van der Waals surface area (Å²) in [4.78, 5) is 4.19. The smallest absolute Gasteiger partial charge is 0.149 e. The van der Waals surface area contributed by atoms with Gasteiger partial charge in [0.2, 0.25) is 0 Å². The van der Waals surface area contributed by atoms with Gasteiger partial charge in [0.25, 0.3) is 0 Å². The van der Waals surface area contributed by atoms with E-state index in [1.54, 1.807) is 6.20 Å². The summed E-state index contributed by atoms with van der Waals surface area (Å²) in [7, 11) is 0. The van der Waals surface area contributed by atoms with Gasteiger partial charge in [0.05, 0.1) is 12.3 Å². The van der Waals surface area contributed by atoms with E-state index in [2.05, 4.69) is 26.2 Å². The molecule has 0 aliphatic rings. The zero-order chi connectivity index (χ0) is 11.3. The van der Waals surface area contributed by atoms with Crippen molar-refractivity contribution in [2.75, 3.05) is 24.3 Å². The third kappa shape index (κ3) is 4.05. The Hall–Kier alpha value is -0.810. The Morgan fingerprint density at radius 3 is 3.00 bits per heavy atom. The van der Waals surface area contributed by atoms with Gasteiger partial charge in [0.1, 0.15) is 5.82 Å². The average molecular weight is 274 g/mol. The van der Waals surface area contributed by atoms with Crippen molar-refractivity contribution in [2.45, 2.75) is 19.9 Å². The van der Waals surface area contributed by atoms with E-state index in [1.165, 1.54) is 0 Å². The van der Waals surface area contributed by atoms with E-state index in [9.17, 15) is 0 Å². The van der Waals surface area contributed by atoms with Gasteiger partial charge < -0.3 is 15.8 Å². The van der Waals surface area contributed by atoms with Crippen LogP contribution in [0, 0.1) is 0 Å². The van der Waals surface area contributed by atoms with Crippen LogP contribution in [-0.2, 0) is 4.74 Å². The number of nitrogens with one attached hydrogen (secondary N) is 1. The molecule has 1 atom stereocenters. The standard InChI is InChI=1S/C10H16BrN3O/c1-3-15-6-7(2)14-10-9(12)4-8(11)5-13-10/h4-5,7H,3,6,12H2,1-2H3,(H,13,14). The molecule has 0 saturated carbocycles. The van der Waals surface area contributed by atoms with Crippen molar-refractivity contribution in [1.29, 1.82) is 0 Å². The minimum Gasteiger partial charge on any atom is -0.396 e. The van der Waals surface area contributed by atoms with Crippen molar-refractivity contribution in [3.05, 3.63) is 16.7 Å². The number of anilines is 2. The molecule has 1 heterocycles. The van der Waals surface area contributed by atoms with E-state index in [0.717, 1.165) is 11.1 Å². The van der Waals surface area contributed by atoms with Gasteiger partial charge in [0, 0.05) is 23.3 Å². The number of pyridine rings is 1. The molecular formula is C10H16BrN3O. The van der Waals surface area contributed by atoms with Crippen molar-refractivity contribution >= 4 is 27.4 Å². The molecule has 4 nitrogen and oxygen atoms in total. The molecule has 1 aromatic heterocycles. The van der Waals surface area contributed by atoms with Crippen LogP contribution in [0.25, 0.3) is 0 Å². The fourth-order valence-electron chi connectivity index (χ4n) is 1.15. The normalized spacial score (nSPS) is 12.5. The quantitative estimate of drug-likeness (QED) is 0.864.